The van der Waals surface area contributed by atoms with Gasteiger partial charge in [0, 0.05) is 5.69 Å². The van der Waals surface area contributed by atoms with E-state index in [9.17, 15) is 9.59 Å². The number of carbonyl (C=O) groups is 2. The summed E-state index contributed by atoms with van der Waals surface area (Å²) < 4.78 is 10.4. The van der Waals surface area contributed by atoms with Crippen molar-refractivity contribution in [2.45, 2.75) is 0 Å². The second-order valence-corrected chi connectivity index (χ2v) is 5.83. The normalized spacial score (nSPS) is 10.6. The van der Waals surface area contributed by atoms with Gasteiger partial charge >= 0.3 is 11.8 Å². The Bertz CT molecular complexity index is 1050. The number of nitrogens with zero attached hydrogens (tertiary/aromatic N) is 1. The maximum Gasteiger partial charge on any atom is 0.329 e. The second kappa shape index (κ2) is 8.68. The molecule has 0 aromatic heterocycles. The molecule has 7 nitrogen and oxygen atoms in total. The Morgan fingerprint density at radius 1 is 0.857 bits per heavy atom. The molecule has 0 bridgehead atoms. The highest BCUT2D eigenvalue weighted by Gasteiger charge is 2.13. The largest absolute Gasteiger partial charge is 0.493 e. The van der Waals surface area contributed by atoms with Crippen LogP contribution in [0.3, 0.4) is 0 Å². The topological polar surface area (TPSA) is 89.0 Å². The van der Waals surface area contributed by atoms with E-state index in [1.807, 2.05) is 30.3 Å². The Morgan fingerprint density at radius 3 is 2.36 bits per heavy atom. The molecule has 0 unspecified atom stereocenters. The number of nitrogens with one attached hydrogen (secondary N) is 2. The molecule has 3 rings (SSSR count). The van der Waals surface area contributed by atoms with Gasteiger partial charge in [-0.15, -0.1) is 0 Å². The maximum atomic E-state index is 12.0. The van der Waals surface area contributed by atoms with E-state index in [0.29, 0.717) is 22.7 Å². The van der Waals surface area contributed by atoms with Crippen molar-refractivity contribution in [3.63, 3.8) is 0 Å². The molecule has 0 atom stereocenters. The first-order chi connectivity index (χ1) is 13.6. The fourth-order valence-corrected chi connectivity index (χ4v) is 2.60. The lowest BCUT2D eigenvalue weighted by Crippen LogP contribution is -2.32. The zero-order chi connectivity index (χ0) is 19.9. The summed E-state index contributed by atoms with van der Waals surface area (Å²) in [6, 6.07) is 18.3. The quantitative estimate of drug-likeness (QED) is 0.406. The molecule has 0 fully saturated rings. The van der Waals surface area contributed by atoms with E-state index >= 15 is 0 Å². The summed E-state index contributed by atoms with van der Waals surface area (Å²) in [5.41, 5.74) is 3.41. The van der Waals surface area contributed by atoms with Crippen molar-refractivity contribution in [1.29, 1.82) is 0 Å². The Hall–Kier alpha value is -3.87. The number of hydrazone groups is 1. The van der Waals surface area contributed by atoms with Crippen LogP contribution in [0.1, 0.15) is 5.56 Å². The van der Waals surface area contributed by atoms with Gasteiger partial charge in [0.05, 0.1) is 20.4 Å². The lowest BCUT2D eigenvalue weighted by Gasteiger charge is -2.07. The van der Waals surface area contributed by atoms with E-state index < -0.39 is 11.8 Å². The molecule has 2 N–H and O–H groups in total. The van der Waals surface area contributed by atoms with Gasteiger partial charge in [-0.1, -0.05) is 30.3 Å². The zero-order valence-corrected chi connectivity index (χ0v) is 15.4. The van der Waals surface area contributed by atoms with Gasteiger partial charge in [0.2, 0.25) is 0 Å². The monoisotopic (exact) mass is 377 g/mol. The summed E-state index contributed by atoms with van der Waals surface area (Å²) in [5.74, 6) is -0.560. The van der Waals surface area contributed by atoms with E-state index in [4.69, 9.17) is 9.47 Å². The van der Waals surface area contributed by atoms with Gasteiger partial charge in [0.15, 0.2) is 11.5 Å². The Labute approximate surface area is 162 Å². The third-order valence-corrected chi connectivity index (χ3v) is 4.00. The van der Waals surface area contributed by atoms with Crippen LogP contribution in [0.4, 0.5) is 5.69 Å². The molecule has 7 heteroatoms. The van der Waals surface area contributed by atoms with E-state index in [-0.39, 0.29) is 0 Å². The maximum absolute atomic E-state index is 12.0. The van der Waals surface area contributed by atoms with Crippen LogP contribution in [0.5, 0.6) is 11.5 Å². The van der Waals surface area contributed by atoms with Gasteiger partial charge in [-0.05, 0) is 46.7 Å². The number of hydrogen-bond acceptors (Lipinski definition) is 5. The van der Waals surface area contributed by atoms with Crippen LogP contribution < -0.4 is 20.2 Å². The zero-order valence-electron chi connectivity index (χ0n) is 15.4. The van der Waals surface area contributed by atoms with Crippen molar-refractivity contribution in [2.75, 3.05) is 19.5 Å². The minimum Gasteiger partial charge on any atom is -0.493 e. The molecular formula is C21H19N3O4. The van der Waals surface area contributed by atoms with Crippen molar-refractivity contribution in [3.8, 4) is 11.5 Å². The fourth-order valence-electron chi connectivity index (χ4n) is 2.60. The lowest BCUT2D eigenvalue weighted by atomic mass is 10.1. The van der Waals surface area contributed by atoms with Gasteiger partial charge in [-0.25, -0.2) is 5.43 Å². The van der Waals surface area contributed by atoms with Crippen molar-refractivity contribution >= 4 is 34.5 Å². The van der Waals surface area contributed by atoms with Crippen LogP contribution in [0.15, 0.2) is 65.8 Å². The van der Waals surface area contributed by atoms with Crippen LogP contribution in [0, 0.1) is 0 Å². The average Bonchev–Trinajstić information content (AvgIpc) is 2.73. The standard InChI is InChI=1S/C21H19N3O4/c1-27-18-10-7-14(11-19(18)28-2)13-22-24-21(26)20(25)23-17-9-8-15-5-3-4-6-16(15)12-17/h3-13H,1-2H3,(H,23,25)(H,24,26)/b22-13+. The first-order valence-corrected chi connectivity index (χ1v) is 8.46. The minimum atomic E-state index is -0.870. The number of methoxy groups -OCH3 is 2. The molecule has 3 aromatic rings. The molecule has 0 heterocycles. The van der Waals surface area contributed by atoms with Crippen LogP contribution in [0.25, 0.3) is 10.8 Å². The summed E-state index contributed by atoms with van der Waals surface area (Å²) in [6.07, 6.45) is 1.41. The van der Waals surface area contributed by atoms with Gasteiger partial charge in [0.25, 0.3) is 0 Å². The summed E-state index contributed by atoms with van der Waals surface area (Å²) in [6.45, 7) is 0. The van der Waals surface area contributed by atoms with Gasteiger partial charge in [-0.3, -0.25) is 9.59 Å². The number of ether oxygens (including phenoxy) is 2. The first-order valence-electron chi connectivity index (χ1n) is 8.46. The predicted molar refractivity (Wildman–Crippen MR) is 108 cm³/mol. The van der Waals surface area contributed by atoms with E-state index in [0.717, 1.165) is 10.8 Å². The van der Waals surface area contributed by atoms with Gasteiger partial charge in [0.1, 0.15) is 0 Å². The molecule has 0 spiro atoms. The SMILES string of the molecule is COc1ccc(/C=N/NC(=O)C(=O)Nc2ccc3ccccc3c2)cc1OC. The number of anilines is 1. The molecule has 0 saturated carbocycles. The summed E-state index contributed by atoms with van der Waals surface area (Å²) in [5, 5.41) is 8.37. The molecule has 0 aliphatic heterocycles. The average molecular weight is 377 g/mol. The lowest BCUT2D eigenvalue weighted by molar-refractivity contribution is -0.136. The minimum absolute atomic E-state index is 0.530. The molecular weight excluding hydrogens is 358 g/mol. The Kier molecular flexibility index (Phi) is 5.86. The van der Waals surface area contributed by atoms with Crippen LogP contribution in [-0.2, 0) is 9.59 Å². The predicted octanol–water partition coefficient (Wildman–Crippen LogP) is 2.95. The third-order valence-electron chi connectivity index (χ3n) is 4.00. The molecule has 0 saturated heterocycles. The van der Waals surface area contributed by atoms with Crippen LogP contribution in [-0.4, -0.2) is 32.2 Å². The molecule has 0 aliphatic carbocycles. The highest BCUT2D eigenvalue weighted by Crippen LogP contribution is 2.26. The number of fused-ring (bicyclic) bond motifs is 1. The summed E-state index contributed by atoms with van der Waals surface area (Å²) >= 11 is 0. The van der Waals surface area contributed by atoms with Crippen LogP contribution in [0.2, 0.25) is 0 Å². The molecule has 2 amide bonds. The number of amides is 2. The van der Waals surface area contributed by atoms with Crippen molar-refractivity contribution < 1.29 is 19.1 Å². The second-order valence-electron chi connectivity index (χ2n) is 5.83. The number of rotatable bonds is 5. The van der Waals surface area contributed by atoms with Gasteiger partial charge in [-0.2, -0.15) is 5.10 Å². The molecule has 28 heavy (non-hydrogen) atoms. The van der Waals surface area contributed by atoms with Gasteiger partial charge < -0.3 is 14.8 Å². The van der Waals surface area contributed by atoms with E-state index in [1.54, 1.807) is 37.4 Å². The fraction of sp³-hybridized carbons (Fsp3) is 0.0952. The molecule has 142 valence electrons. The molecule has 0 aliphatic rings. The van der Waals surface area contributed by atoms with Crippen molar-refractivity contribution in [1.82, 2.24) is 5.43 Å². The summed E-state index contributed by atoms with van der Waals surface area (Å²) in [7, 11) is 3.07. The summed E-state index contributed by atoms with van der Waals surface area (Å²) in [4.78, 5) is 24.0. The number of carbonyl (C=O) groups excluding carboxylic acids is 2. The number of hydrogen-bond donors (Lipinski definition) is 2. The Balaban J connectivity index is 1.60. The molecule has 3 aromatic carbocycles. The highest BCUT2D eigenvalue weighted by atomic mass is 16.5. The highest BCUT2D eigenvalue weighted by molar-refractivity contribution is 6.39. The molecule has 0 radical (unpaired) electrons. The van der Waals surface area contributed by atoms with Crippen LogP contribution >= 0.6 is 0 Å². The van der Waals surface area contributed by atoms with Crippen molar-refractivity contribution in [3.05, 3.63) is 66.2 Å². The smallest absolute Gasteiger partial charge is 0.329 e. The van der Waals surface area contributed by atoms with E-state index in [1.165, 1.54) is 13.3 Å². The first kappa shape index (κ1) is 18.9. The third kappa shape index (κ3) is 4.45. The number of benzene rings is 3. The van der Waals surface area contributed by atoms with Crippen molar-refractivity contribution in [2.24, 2.45) is 5.10 Å². The Morgan fingerprint density at radius 2 is 1.61 bits per heavy atom. The van der Waals surface area contributed by atoms with E-state index in [2.05, 4.69) is 15.8 Å².